The first-order valence-corrected chi connectivity index (χ1v) is 4.46. The van der Waals surface area contributed by atoms with Crippen molar-refractivity contribution in [3.05, 3.63) is 29.8 Å². The van der Waals surface area contributed by atoms with Crippen LogP contribution in [0.4, 0.5) is 14.6 Å². The minimum absolute atomic E-state index is 0.188. The summed E-state index contributed by atoms with van der Waals surface area (Å²) in [5.41, 5.74) is 6.19. The van der Waals surface area contributed by atoms with Crippen LogP contribution >= 0.6 is 0 Å². The molecule has 0 bridgehead atoms. The summed E-state index contributed by atoms with van der Waals surface area (Å²) in [5, 5.41) is 6.35. The van der Waals surface area contributed by atoms with E-state index in [0.29, 0.717) is 17.1 Å². The number of rotatable bonds is 2. The van der Waals surface area contributed by atoms with Gasteiger partial charge in [0, 0.05) is 11.6 Å². The maximum atomic E-state index is 13.4. The number of nitrogen functional groups attached to an aromatic ring is 1. The zero-order valence-corrected chi connectivity index (χ0v) is 8.42. The number of nitrogens with one attached hydrogen (secondary N) is 1. The number of H-pyrrole nitrogens is 1. The molecule has 1 aromatic carbocycles. The molecular weight excluding hydrogens is 216 g/mol. The van der Waals surface area contributed by atoms with Crippen molar-refractivity contribution in [1.82, 2.24) is 10.2 Å². The number of hydrogen-bond acceptors (Lipinski definition) is 3. The molecule has 0 atom stereocenters. The molecule has 0 aliphatic carbocycles. The molecule has 0 amide bonds. The fraction of sp³-hybridized carbons (Fsp3) is 0.100. The van der Waals surface area contributed by atoms with Crippen LogP contribution in [-0.2, 0) is 0 Å². The normalized spacial score (nSPS) is 10.4. The number of halogens is 2. The smallest absolute Gasteiger partial charge is 0.201 e. The molecule has 0 spiro atoms. The molecule has 0 fully saturated rings. The van der Waals surface area contributed by atoms with Crippen molar-refractivity contribution >= 4 is 5.82 Å². The van der Waals surface area contributed by atoms with Crippen LogP contribution in [0, 0.1) is 11.6 Å². The van der Waals surface area contributed by atoms with Crippen LogP contribution in [-0.4, -0.2) is 17.3 Å². The highest BCUT2D eigenvalue weighted by atomic mass is 19.2. The van der Waals surface area contributed by atoms with E-state index >= 15 is 0 Å². The van der Waals surface area contributed by atoms with Crippen LogP contribution in [0.3, 0.4) is 0 Å². The standard InChI is InChI=1S/C10H9F2N3O/c1-16-10-5(2-3-6(11)9(10)12)7-4-8(13)15-14-7/h2-4H,1H3,(H3,13,14,15). The maximum Gasteiger partial charge on any atom is 0.201 e. The van der Waals surface area contributed by atoms with Crippen molar-refractivity contribution in [3.8, 4) is 17.0 Å². The Morgan fingerprint density at radius 3 is 2.69 bits per heavy atom. The van der Waals surface area contributed by atoms with Gasteiger partial charge in [0.25, 0.3) is 0 Å². The number of methoxy groups -OCH3 is 1. The van der Waals surface area contributed by atoms with E-state index in [-0.39, 0.29) is 5.75 Å². The monoisotopic (exact) mass is 225 g/mol. The van der Waals surface area contributed by atoms with Gasteiger partial charge in [-0.15, -0.1) is 0 Å². The fourth-order valence-electron chi connectivity index (χ4n) is 1.41. The Morgan fingerprint density at radius 2 is 2.12 bits per heavy atom. The molecule has 1 aromatic heterocycles. The third kappa shape index (κ3) is 1.58. The number of benzene rings is 1. The molecule has 0 unspecified atom stereocenters. The highest BCUT2D eigenvalue weighted by Gasteiger charge is 2.16. The molecule has 2 rings (SSSR count). The third-order valence-electron chi connectivity index (χ3n) is 2.13. The van der Waals surface area contributed by atoms with E-state index in [0.717, 1.165) is 6.07 Å². The Morgan fingerprint density at radius 1 is 1.38 bits per heavy atom. The summed E-state index contributed by atoms with van der Waals surface area (Å²) >= 11 is 0. The van der Waals surface area contributed by atoms with Crippen molar-refractivity contribution < 1.29 is 13.5 Å². The second-order valence-corrected chi connectivity index (χ2v) is 3.15. The summed E-state index contributed by atoms with van der Waals surface area (Å²) in [6, 6.07) is 3.90. The SMILES string of the molecule is COc1c(-c2cc(N)[nH]n2)ccc(F)c1F. The van der Waals surface area contributed by atoms with Crippen LogP contribution in [0.2, 0.25) is 0 Å². The molecule has 0 saturated carbocycles. The lowest BCUT2D eigenvalue weighted by atomic mass is 10.1. The molecule has 0 saturated heterocycles. The predicted molar refractivity (Wildman–Crippen MR) is 54.9 cm³/mol. The summed E-state index contributed by atoms with van der Waals surface area (Å²) in [5.74, 6) is -1.86. The van der Waals surface area contributed by atoms with Gasteiger partial charge >= 0.3 is 0 Å². The van der Waals surface area contributed by atoms with Crippen LogP contribution in [0.15, 0.2) is 18.2 Å². The molecule has 0 radical (unpaired) electrons. The summed E-state index contributed by atoms with van der Waals surface area (Å²) in [6.07, 6.45) is 0. The van der Waals surface area contributed by atoms with Crippen molar-refractivity contribution in [1.29, 1.82) is 0 Å². The predicted octanol–water partition coefficient (Wildman–Crippen LogP) is 1.95. The van der Waals surface area contributed by atoms with Gasteiger partial charge in [0.05, 0.1) is 12.8 Å². The quantitative estimate of drug-likeness (QED) is 0.820. The number of aromatic amines is 1. The Hall–Kier alpha value is -2.11. The van der Waals surface area contributed by atoms with Crippen LogP contribution in [0.5, 0.6) is 5.75 Å². The zero-order valence-electron chi connectivity index (χ0n) is 8.42. The van der Waals surface area contributed by atoms with E-state index in [1.807, 2.05) is 0 Å². The molecule has 0 aliphatic rings. The minimum atomic E-state index is -1.04. The van der Waals surface area contributed by atoms with Gasteiger partial charge in [0.15, 0.2) is 11.6 Å². The van der Waals surface area contributed by atoms with E-state index < -0.39 is 11.6 Å². The minimum Gasteiger partial charge on any atom is -0.493 e. The number of anilines is 1. The molecule has 4 nitrogen and oxygen atoms in total. The molecular formula is C10H9F2N3O. The third-order valence-corrected chi connectivity index (χ3v) is 2.13. The highest BCUT2D eigenvalue weighted by Crippen LogP contribution is 2.32. The number of nitrogens with two attached hydrogens (primary N) is 1. The topological polar surface area (TPSA) is 63.9 Å². The average Bonchev–Trinajstić information content (AvgIpc) is 2.68. The first kappa shape index (κ1) is 10.4. The molecule has 2 aromatic rings. The summed E-state index contributed by atoms with van der Waals surface area (Å²) in [6.45, 7) is 0. The van der Waals surface area contributed by atoms with Crippen molar-refractivity contribution in [2.75, 3.05) is 12.8 Å². The number of hydrogen-bond donors (Lipinski definition) is 2. The van der Waals surface area contributed by atoms with E-state index in [9.17, 15) is 8.78 Å². The fourth-order valence-corrected chi connectivity index (χ4v) is 1.41. The van der Waals surface area contributed by atoms with Crippen LogP contribution in [0.25, 0.3) is 11.3 Å². The second kappa shape index (κ2) is 3.80. The Balaban J connectivity index is 2.61. The lowest BCUT2D eigenvalue weighted by molar-refractivity contribution is 0.373. The Bertz CT molecular complexity index is 525. The zero-order chi connectivity index (χ0) is 11.7. The van der Waals surface area contributed by atoms with E-state index in [2.05, 4.69) is 10.2 Å². The van der Waals surface area contributed by atoms with E-state index in [1.165, 1.54) is 19.2 Å². The molecule has 6 heteroatoms. The van der Waals surface area contributed by atoms with Crippen molar-refractivity contribution in [3.63, 3.8) is 0 Å². The van der Waals surface area contributed by atoms with Gasteiger partial charge in [0.1, 0.15) is 5.82 Å². The first-order valence-electron chi connectivity index (χ1n) is 4.46. The molecule has 3 N–H and O–H groups in total. The highest BCUT2D eigenvalue weighted by molar-refractivity contribution is 5.69. The van der Waals surface area contributed by atoms with Gasteiger partial charge in [-0.3, -0.25) is 5.10 Å². The molecule has 1 heterocycles. The summed E-state index contributed by atoms with van der Waals surface area (Å²) in [7, 11) is 1.26. The maximum absolute atomic E-state index is 13.4. The Kier molecular flexibility index (Phi) is 2.47. The van der Waals surface area contributed by atoms with E-state index in [4.69, 9.17) is 10.5 Å². The lowest BCUT2D eigenvalue weighted by Gasteiger charge is -2.07. The molecule has 16 heavy (non-hydrogen) atoms. The first-order chi connectivity index (χ1) is 7.63. The van der Waals surface area contributed by atoms with Crippen molar-refractivity contribution in [2.24, 2.45) is 0 Å². The summed E-state index contributed by atoms with van der Waals surface area (Å²) < 4.78 is 31.2. The largest absolute Gasteiger partial charge is 0.493 e. The number of nitrogens with zero attached hydrogens (tertiary/aromatic N) is 1. The second-order valence-electron chi connectivity index (χ2n) is 3.15. The van der Waals surface area contributed by atoms with Crippen LogP contribution < -0.4 is 10.5 Å². The van der Waals surface area contributed by atoms with Gasteiger partial charge < -0.3 is 10.5 Å². The average molecular weight is 225 g/mol. The van der Waals surface area contributed by atoms with Gasteiger partial charge in [0.2, 0.25) is 5.82 Å². The Labute approximate surface area is 90.0 Å². The van der Waals surface area contributed by atoms with Gasteiger partial charge in [-0.05, 0) is 12.1 Å². The summed E-state index contributed by atoms with van der Waals surface area (Å²) in [4.78, 5) is 0. The molecule has 0 aliphatic heterocycles. The van der Waals surface area contributed by atoms with E-state index in [1.54, 1.807) is 0 Å². The number of aromatic nitrogens is 2. The molecule has 84 valence electrons. The lowest BCUT2D eigenvalue weighted by Crippen LogP contribution is -1.95. The number of ether oxygens (including phenoxy) is 1. The van der Waals surface area contributed by atoms with Gasteiger partial charge in [-0.25, -0.2) is 4.39 Å². The van der Waals surface area contributed by atoms with Gasteiger partial charge in [-0.2, -0.15) is 9.49 Å². The van der Waals surface area contributed by atoms with Crippen LogP contribution in [0.1, 0.15) is 0 Å². The van der Waals surface area contributed by atoms with Gasteiger partial charge in [-0.1, -0.05) is 0 Å². The van der Waals surface area contributed by atoms with Crippen molar-refractivity contribution in [2.45, 2.75) is 0 Å².